The first-order valence-electron chi connectivity index (χ1n) is 8.61. The molecule has 124 valence electrons. The van der Waals surface area contributed by atoms with Gasteiger partial charge in [0.2, 0.25) is 0 Å². The lowest BCUT2D eigenvalue weighted by atomic mass is 9.69. The molecule has 2 fully saturated rings. The summed E-state index contributed by atoms with van der Waals surface area (Å²) < 4.78 is 11.2. The molecular formula is C17H34N2O2. The van der Waals surface area contributed by atoms with Gasteiger partial charge in [-0.1, -0.05) is 26.7 Å². The summed E-state index contributed by atoms with van der Waals surface area (Å²) in [5.74, 6) is 0.858. The highest BCUT2D eigenvalue weighted by Gasteiger charge is 2.40. The molecule has 1 aliphatic heterocycles. The van der Waals surface area contributed by atoms with Crippen LogP contribution in [0.1, 0.15) is 39.5 Å². The summed E-state index contributed by atoms with van der Waals surface area (Å²) in [6, 6.07) is 0. The molecule has 4 unspecified atom stereocenters. The van der Waals surface area contributed by atoms with Gasteiger partial charge in [0, 0.05) is 40.4 Å². The molecular weight excluding hydrogens is 264 g/mol. The van der Waals surface area contributed by atoms with Crippen LogP contribution in [0.5, 0.6) is 0 Å². The van der Waals surface area contributed by atoms with Crippen LogP contribution in [0.15, 0.2) is 0 Å². The zero-order valence-electron chi connectivity index (χ0n) is 14.4. The lowest BCUT2D eigenvalue weighted by Gasteiger charge is -2.43. The fourth-order valence-corrected chi connectivity index (χ4v) is 4.39. The Balaban J connectivity index is 1.98. The smallest absolute Gasteiger partial charge is 0.0971 e. The number of rotatable bonds is 7. The Morgan fingerprint density at radius 1 is 1.19 bits per heavy atom. The molecule has 4 nitrogen and oxygen atoms in total. The molecule has 0 aromatic carbocycles. The van der Waals surface area contributed by atoms with Crippen molar-refractivity contribution >= 4 is 0 Å². The van der Waals surface area contributed by atoms with E-state index >= 15 is 0 Å². The second-order valence-corrected chi connectivity index (χ2v) is 7.22. The van der Waals surface area contributed by atoms with Crippen molar-refractivity contribution in [3.8, 4) is 0 Å². The number of likely N-dealkylation sites (tertiary alicyclic amines) is 1. The largest absolute Gasteiger partial charge is 0.377 e. The van der Waals surface area contributed by atoms with Crippen molar-refractivity contribution in [3.63, 3.8) is 0 Å². The Kier molecular flexibility index (Phi) is 6.48. The van der Waals surface area contributed by atoms with E-state index in [9.17, 15) is 0 Å². The van der Waals surface area contributed by atoms with Crippen molar-refractivity contribution in [2.75, 3.05) is 46.9 Å². The maximum atomic E-state index is 5.59. The molecule has 21 heavy (non-hydrogen) atoms. The fourth-order valence-electron chi connectivity index (χ4n) is 4.39. The summed E-state index contributed by atoms with van der Waals surface area (Å²) >= 11 is 0. The molecule has 0 amide bonds. The molecule has 0 radical (unpaired) electrons. The summed E-state index contributed by atoms with van der Waals surface area (Å²) in [5.41, 5.74) is 0.439. The van der Waals surface area contributed by atoms with Gasteiger partial charge in [-0.3, -0.25) is 4.90 Å². The SMILES string of the molecule is CCNCC1(CN2CC(OC)C(OC)C2)CCCC(C)C1. The van der Waals surface area contributed by atoms with Crippen LogP contribution in [0.2, 0.25) is 0 Å². The second-order valence-electron chi connectivity index (χ2n) is 7.22. The van der Waals surface area contributed by atoms with E-state index < -0.39 is 0 Å². The monoisotopic (exact) mass is 298 g/mol. The van der Waals surface area contributed by atoms with Gasteiger partial charge >= 0.3 is 0 Å². The number of hydrogen-bond donors (Lipinski definition) is 1. The molecule has 4 heteroatoms. The molecule has 0 aromatic rings. The first-order chi connectivity index (χ1) is 10.1. The van der Waals surface area contributed by atoms with E-state index in [1.807, 2.05) is 0 Å². The Bertz CT molecular complexity index is 301. The van der Waals surface area contributed by atoms with Crippen molar-refractivity contribution in [1.82, 2.24) is 10.2 Å². The van der Waals surface area contributed by atoms with Crippen molar-refractivity contribution < 1.29 is 9.47 Å². The molecule has 1 saturated heterocycles. The normalized spacial score (nSPS) is 38.0. The standard InChI is InChI=1S/C17H34N2O2/c1-5-18-12-17(8-6-7-14(2)9-17)13-19-10-15(20-3)16(11-19)21-4/h14-16,18H,5-13H2,1-4H3. The van der Waals surface area contributed by atoms with Crippen LogP contribution in [0.25, 0.3) is 0 Å². The van der Waals surface area contributed by atoms with Gasteiger partial charge < -0.3 is 14.8 Å². The van der Waals surface area contributed by atoms with E-state index in [1.54, 1.807) is 14.2 Å². The first-order valence-corrected chi connectivity index (χ1v) is 8.61. The van der Waals surface area contributed by atoms with Crippen LogP contribution in [0, 0.1) is 11.3 Å². The van der Waals surface area contributed by atoms with Gasteiger partial charge in [0.1, 0.15) is 0 Å². The number of hydrogen-bond acceptors (Lipinski definition) is 4. The first kappa shape index (κ1) is 17.2. The van der Waals surface area contributed by atoms with Crippen LogP contribution in [0.4, 0.5) is 0 Å². The molecule has 2 aliphatic rings. The average Bonchev–Trinajstić information content (AvgIpc) is 2.87. The molecule has 0 aromatic heterocycles. The molecule has 0 spiro atoms. The Morgan fingerprint density at radius 3 is 2.38 bits per heavy atom. The van der Waals surface area contributed by atoms with Crippen molar-refractivity contribution in [2.45, 2.75) is 51.7 Å². The van der Waals surface area contributed by atoms with Crippen molar-refractivity contribution in [3.05, 3.63) is 0 Å². The van der Waals surface area contributed by atoms with Gasteiger partial charge in [-0.25, -0.2) is 0 Å². The van der Waals surface area contributed by atoms with Gasteiger partial charge in [0.15, 0.2) is 0 Å². The van der Waals surface area contributed by atoms with E-state index in [-0.39, 0.29) is 12.2 Å². The van der Waals surface area contributed by atoms with Crippen LogP contribution < -0.4 is 5.32 Å². The Hall–Kier alpha value is -0.160. The van der Waals surface area contributed by atoms with Crippen LogP contribution in [0.3, 0.4) is 0 Å². The molecule has 2 rings (SSSR count). The maximum Gasteiger partial charge on any atom is 0.0971 e. The summed E-state index contributed by atoms with van der Waals surface area (Å²) in [6.45, 7) is 10.0. The molecule has 1 N–H and O–H groups in total. The maximum absolute atomic E-state index is 5.59. The predicted octanol–water partition coefficient (Wildman–Crippen LogP) is 2.14. The van der Waals surface area contributed by atoms with E-state index in [2.05, 4.69) is 24.1 Å². The highest BCUT2D eigenvalue weighted by molar-refractivity contribution is 4.94. The topological polar surface area (TPSA) is 33.7 Å². The Labute approximate surface area is 130 Å². The van der Waals surface area contributed by atoms with Gasteiger partial charge in [-0.05, 0) is 30.7 Å². The summed E-state index contributed by atoms with van der Waals surface area (Å²) in [6.07, 6.45) is 5.94. The van der Waals surface area contributed by atoms with Crippen LogP contribution in [-0.2, 0) is 9.47 Å². The summed E-state index contributed by atoms with van der Waals surface area (Å²) in [4.78, 5) is 2.57. The number of ether oxygens (including phenoxy) is 2. The lowest BCUT2D eigenvalue weighted by Crippen LogP contribution is -2.46. The fraction of sp³-hybridized carbons (Fsp3) is 1.00. The van der Waals surface area contributed by atoms with Crippen molar-refractivity contribution in [2.24, 2.45) is 11.3 Å². The molecule has 1 heterocycles. The summed E-state index contributed by atoms with van der Waals surface area (Å²) in [5, 5.41) is 3.61. The van der Waals surface area contributed by atoms with E-state index in [0.29, 0.717) is 5.41 Å². The molecule has 1 aliphatic carbocycles. The molecule has 0 bridgehead atoms. The van der Waals surface area contributed by atoms with Gasteiger partial charge in [0.05, 0.1) is 12.2 Å². The van der Waals surface area contributed by atoms with E-state index in [0.717, 1.165) is 32.1 Å². The van der Waals surface area contributed by atoms with Gasteiger partial charge in [-0.2, -0.15) is 0 Å². The third kappa shape index (κ3) is 4.41. The lowest BCUT2D eigenvalue weighted by molar-refractivity contribution is -0.00461. The van der Waals surface area contributed by atoms with E-state index in [1.165, 1.54) is 32.2 Å². The van der Waals surface area contributed by atoms with E-state index in [4.69, 9.17) is 9.47 Å². The average molecular weight is 298 g/mol. The number of nitrogens with one attached hydrogen (secondary N) is 1. The van der Waals surface area contributed by atoms with Crippen LogP contribution >= 0.6 is 0 Å². The van der Waals surface area contributed by atoms with Gasteiger partial charge in [0.25, 0.3) is 0 Å². The predicted molar refractivity (Wildman–Crippen MR) is 86.6 cm³/mol. The minimum Gasteiger partial charge on any atom is -0.377 e. The number of nitrogens with zero attached hydrogens (tertiary/aromatic N) is 1. The Morgan fingerprint density at radius 2 is 1.86 bits per heavy atom. The summed E-state index contributed by atoms with van der Waals surface area (Å²) in [7, 11) is 3.61. The second kappa shape index (κ2) is 7.91. The van der Waals surface area contributed by atoms with Gasteiger partial charge in [-0.15, -0.1) is 0 Å². The third-order valence-electron chi connectivity index (χ3n) is 5.39. The minimum absolute atomic E-state index is 0.229. The zero-order chi connectivity index (χ0) is 15.3. The molecule has 4 atom stereocenters. The molecule has 1 saturated carbocycles. The quantitative estimate of drug-likeness (QED) is 0.781. The highest BCUT2D eigenvalue weighted by Crippen LogP contribution is 2.40. The third-order valence-corrected chi connectivity index (χ3v) is 5.39. The highest BCUT2D eigenvalue weighted by atomic mass is 16.5. The number of methoxy groups -OCH3 is 2. The minimum atomic E-state index is 0.229. The van der Waals surface area contributed by atoms with Crippen molar-refractivity contribution in [1.29, 1.82) is 0 Å². The zero-order valence-corrected chi connectivity index (χ0v) is 14.4. The van der Waals surface area contributed by atoms with Crippen LogP contribution in [-0.4, -0.2) is 64.1 Å².